The number of thiophene rings is 1. The number of carbonyl (C=O) groups is 1. The maximum absolute atomic E-state index is 12.7. The van der Waals surface area contributed by atoms with Gasteiger partial charge in [-0.05, 0) is 59.2 Å². The first-order valence-corrected chi connectivity index (χ1v) is 11.1. The van der Waals surface area contributed by atoms with Crippen LogP contribution in [-0.4, -0.2) is 38.6 Å². The Hall–Kier alpha value is -2.71. The summed E-state index contributed by atoms with van der Waals surface area (Å²) in [6, 6.07) is 7.54. The van der Waals surface area contributed by atoms with E-state index in [1.54, 1.807) is 16.3 Å². The molecule has 9 heteroatoms. The van der Waals surface area contributed by atoms with Crippen LogP contribution in [0.2, 0.25) is 5.02 Å². The Morgan fingerprint density at radius 1 is 1.13 bits per heavy atom. The number of hydrogen-bond acceptors (Lipinski definition) is 7. The van der Waals surface area contributed by atoms with Crippen molar-refractivity contribution < 1.29 is 9.53 Å². The molecule has 4 rings (SSSR count). The number of hydrogen-bond donors (Lipinski definition) is 0. The first-order valence-electron chi connectivity index (χ1n) is 9.92. The van der Waals surface area contributed by atoms with Gasteiger partial charge in [0.25, 0.3) is 5.95 Å². The minimum atomic E-state index is -0.596. The van der Waals surface area contributed by atoms with E-state index in [0.29, 0.717) is 11.0 Å². The average Bonchev–Trinajstić information content (AvgIpc) is 3.14. The largest absolute Gasteiger partial charge is 0.459 e. The molecule has 31 heavy (non-hydrogen) atoms. The highest BCUT2D eigenvalue weighted by molar-refractivity contribution is 7.15. The van der Waals surface area contributed by atoms with Gasteiger partial charge >= 0.3 is 5.97 Å². The molecule has 0 unspecified atom stereocenters. The molecular weight excluding hydrogens is 434 g/mol. The summed E-state index contributed by atoms with van der Waals surface area (Å²) in [5.74, 6) is 0.811. The normalized spacial score (nSPS) is 13.4. The maximum Gasteiger partial charge on any atom is 0.328 e. The zero-order valence-electron chi connectivity index (χ0n) is 18.4. The van der Waals surface area contributed by atoms with Crippen LogP contribution in [0.3, 0.4) is 0 Å². The number of aryl methyl sites for hydroxylation is 2. The lowest BCUT2D eigenvalue weighted by atomic mass is 10.00. The van der Waals surface area contributed by atoms with Crippen molar-refractivity contribution in [1.82, 2.24) is 14.8 Å². The molecule has 0 radical (unpaired) electrons. The molecule has 0 N–H and O–H groups in total. The lowest BCUT2D eigenvalue weighted by Crippen LogP contribution is -2.33. The Bertz CT molecular complexity index is 1190. The Kier molecular flexibility index (Phi) is 5.39. The molecule has 1 aliphatic rings. The molecule has 0 saturated carbocycles. The molecule has 0 aliphatic carbocycles. The Morgan fingerprint density at radius 2 is 1.81 bits per heavy atom. The van der Waals surface area contributed by atoms with Gasteiger partial charge in [0.1, 0.15) is 28.7 Å². The van der Waals surface area contributed by atoms with Crippen molar-refractivity contribution in [2.24, 2.45) is 5.10 Å². The van der Waals surface area contributed by atoms with Crippen LogP contribution in [0.4, 0.5) is 5.95 Å². The van der Waals surface area contributed by atoms with Gasteiger partial charge in [-0.25, -0.2) is 5.01 Å². The van der Waals surface area contributed by atoms with Crippen molar-refractivity contribution in [3.8, 4) is 5.00 Å². The standard InChI is InChI=1S/C22H24ClN5O2S/c1-12-13(2)31-20-18(12)19(15-7-9-16(23)10-8-15)26-27(11-17(29)30-22(4,5)6)21-25-24-14(3)28(20)21/h7-10H,11H2,1-6H3. The molecule has 0 amide bonds. The Morgan fingerprint density at radius 3 is 2.45 bits per heavy atom. The number of fused-ring (bicyclic) bond motifs is 3. The predicted molar refractivity (Wildman–Crippen MR) is 124 cm³/mol. The van der Waals surface area contributed by atoms with E-state index >= 15 is 0 Å². The number of rotatable bonds is 3. The fraction of sp³-hybridized carbons (Fsp3) is 0.364. The number of esters is 1. The highest BCUT2D eigenvalue weighted by Crippen LogP contribution is 2.38. The Balaban J connectivity index is 1.91. The number of anilines is 1. The van der Waals surface area contributed by atoms with E-state index in [0.717, 1.165) is 33.2 Å². The van der Waals surface area contributed by atoms with Crippen molar-refractivity contribution in [1.29, 1.82) is 0 Å². The third-order valence-electron chi connectivity index (χ3n) is 4.88. The van der Waals surface area contributed by atoms with Gasteiger partial charge in [-0.1, -0.05) is 23.7 Å². The van der Waals surface area contributed by atoms with Gasteiger partial charge in [0, 0.05) is 21.0 Å². The molecule has 0 spiro atoms. The number of halogens is 1. The van der Waals surface area contributed by atoms with Crippen LogP contribution in [0.25, 0.3) is 5.00 Å². The molecule has 3 heterocycles. The highest BCUT2D eigenvalue weighted by atomic mass is 35.5. The SMILES string of the molecule is Cc1sc2c(c1C)C(c1ccc(Cl)cc1)=NN(CC(=O)OC(C)(C)C)c1nnc(C)n1-2. The van der Waals surface area contributed by atoms with Gasteiger partial charge in [0.05, 0.1) is 0 Å². The summed E-state index contributed by atoms with van der Waals surface area (Å²) in [5, 5.41) is 16.7. The van der Waals surface area contributed by atoms with Crippen LogP contribution in [-0.2, 0) is 9.53 Å². The quantitative estimate of drug-likeness (QED) is 0.527. The van der Waals surface area contributed by atoms with Crippen LogP contribution < -0.4 is 5.01 Å². The van der Waals surface area contributed by atoms with Gasteiger partial charge in [0.15, 0.2) is 0 Å². The van der Waals surface area contributed by atoms with E-state index < -0.39 is 11.6 Å². The fourth-order valence-corrected chi connectivity index (χ4v) is 4.76. The monoisotopic (exact) mass is 457 g/mol. The van der Waals surface area contributed by atoms with Crippen LogP contribution in [0.1, 0.15) is 48.2 Å². The number of aromatic nitrogens is 3. The van der Waals surface area contributed by atoms with Crippen molar-refractivity contribution in [3.63, 3.8) is 0 Å². The van der Waals surface area contributed by atoms with Gasteiger partial charge in [-0.3, -0.25) is 9.36 Å². The predicted octanol–water partition coefficient (Wildman–Crippen LogP) is 4.82. The van der Waals surface area contributed by atoms with Gasteiger partial charge in [-0.15, -0.1) is 21.5 Å². The minimum Gasteiger partial charge on any atom is -0.459 e. The molecule has 0 atom stereocenters. The number of carbonyl (C=O) groups excluding carboxylic acids is 1. The number of nitrogens with zero attached hydrogens (tertiary/aromatic N) is 5. The van der Waals surface area contributed by atoms with Gasteiger partial charge in [0.2, 0.25) is 0 Å². The van der Waals surface area contributed by atoms with Crippen molar-refractivity contribution in [2.75, 3.05) is 11.6 Å². The molecule has 162 valence electrons. The van der Waals surface area contributed by atoms with Crippen LogP contribution in [0, 0.1) is 20.8 Å². The number of ether oxygens (including phenoxy) is 1. The second-order valence-electron chi connectivity index (χ2n) is 8.45. The highest BCUT2D eigenvalue weighted by Gasteiger charge is 2.31. The van der Waals surface area contributed by atoms with Gasteiger partial charge in [-0.2, -0.15) is 5.10 Å². The fourth-order valence-electron chi connectivity index (χ4n) is 3.43. The van der Waals surface area contributed by atoms with Crippen molar-refractivity contribution in [3.05, 3.63) is 56.7 Å². The van der Waals surface area contributed by atoms with Crippen molar-refractivity contribution >= 4 is 40.6 Å². The summed E-state index contributed by atoms with van der Waals surface area (Å²) in [4.78, 5) is 13.9. The van der Waals surface area contributed by atoms with E-state index in [9.17, 15) is 4.79 Å². The maximum atomic E-state index is 12.7. The first kappa shape index (κ1) is 21.5. The van der Waals surface area contributed by atoms with Crippen LogP contribution in [0.15, 0.2) is 29.4 Å². The number of benzene rings is 1. The third kappa shape index (κ3) is 4.09. The van der Waals surface area contributed by atoms with Gasteiger partial charge < -0.3 is 4.74 Å². The summed E-state index contributed by atoms with van der Waals surface area (Å²) in [5.41, 5.74) is 3.19. The zero-order chi connectivity index (χ0) is 22.5. The van der Waals surface area contributed by atoms with Crippen molar-refractivity contribution in [2.45, 2.75) is 47.1 Å². The average molecular weight is 458 g/mol. The number of hydrazone groups is 1. The second-order valence-corrected chi connectivity index (χ2v) is 10.1. The summed E-state index contributed by atoms with van der Waals surface area (Å²) in [7, 11) is 0. The molecule has 0 saturated heterocycles. The zero-order valence-corrected chi connectivity index (χ0v) is 19.9. The van der Waals surface area contributed by atoms with E-state index in [1.165, 1.54) is 4.88 Å². The smallest absolute Gasteiger partial charge is 0.328 e. The summed E-state index contributed by atoms with van der Waals surface area (Å²) >= 11 is 7.78. The Labute approximate surface area is 190 Å². The summed E-state index contributed by atoms with van der Waals surface area (Å²) < 4.78 is 7.49. The molecular formula is C22H24ClN5O2S. The van der Waals surface area contributed by atoms with E-state index in [1.807, 2.05) is 56.5 Å². The molecule has 2 aromatic heterocycles. The molecule has 7 nitrogen and oxygen atoms in total. The lowest BCUT2D eigenvalue weighted by Gasteiger charge is -2.22. The van der Waals surface area contributed by atoms with Crippen LogP contribution in [0.5, 0.6) is 0 Å². The topological polar surface area (TPSA) is 72.6 Å². The lowest BCUT2D eigenvalue weighted by molar-refractivity contribution is -0.153. The molecule has 3 aromatic rings. The summed E-state index contributed by atoms with van der Waals surface area (Å²) in [6.07, 6.45) is 0. The van der Waals surface area contributed by atoms with E-state index in [-0.39, 0.29) is 6.54 Å². The first-order chi connectivity index (χ1) is 14.5. The van der Waals surface area contributed by atoms with E-state index in [4.69, 9.17) is 21.4 Å². The third-order valence-corrected chi connectivity index (χ3v) is 6.33. The summed E-state index contributed by atoms with van der Waals surface area (Å²) in [6.45, 7) is 11.5. The second kappa shape index (κ2) is 7.76. The molecule has 0 fully saturated rings. The molecule has 0 bridgehead atoms. The molecule has 1 aromatic carbocycles. The molecule has 1 aliphatic heterocycles. The minimum absolute atomic E-state index is 0.0839. The van der Waals surface area contributed by atoms with E-state index in [2.05, 4.69) is 24.0 Å². The van der Waals surface area contributed by atoms with Crippen LogP contribution >= 0.6 is 22.9 Å².